The van der Waals surface area contributed by atoms with E-state index in [2.05, 4.69) is 15.7 Å². The fraction of sp³-hybridized carbons (Fsp3) is 0.133. The van der Waals surface area contributed by atoms with Gasteiger partial charge in [-0.1, -0.05) is 34.4 Å². The summed E-state index contributed by atoms with van der Waals surface area (Å²) in [6.45, 7) is 1.50. The predicted molar refractivity (Wildman–Crippen MR) is 96.3 cm³/mol. The van der Waals surface area contributed by atoms with Crippen molar-refractivity contribution in [2.24, 2.45) is 10.3 Å². The van der Waals surface area contributed by atoms with Crippen LogP contribution in [0.25, 0.3) is 0 Å². The maximum Gasteiger partial charge on any atom is 0.280 e. The highest BCUT2D eigenvalue weighted by Crippen LogP contribution is 2.29. The van der Waals surface area contributed by atoms with Gasteiger partial charge in [-0.2, -0.15) is 5.10 Å². The van der Waals surface area contributed by atoms with E-state index < -0.39 is 5.91 Å². The number of carbonyl (C=O) groups is 1. The van der Waals surface area contributed by atoms with E-state index in [9.17, 15) is 9.90 Å². The summed E-state index contributed by atoms with van der Waals surface area (Å²) in [6.07, 6.45) is 1.23. The molecule has 2 rings (SSSR count). The lowest BCUT2D eigenvalue weighted by Gasteiger charge is -2.03. The molecule has 0 atom stereocenters. The first-order valence-corrected chi connectivity index (χ1v) is 8.31. The highest BCUT2D eigenvalue weighted by Gasteiger charge is 2.06. The van der Waals surface area contributed by atoms with Crippen molar-refractivity contribution in [1.29, 1.82) is 0 Å². The Hall–Kier alpha value is -2.09. The van der Waals surface area contributed by atoms with Crippen molar-refractivity contribution in [2.45, 2.75) is 6.92 Å². The van der Waals surface area contributed by atoms with Gasteiger partial charge in [-0.15, -0.1) is 11.3 Å². The number of halogens is 2. The summed E-state index contributed by atoms with van der Waals surface area (Å²) in [5.74, 6) is -0.673. The molecule has 0 fully saturated rings. The maximum atomic E-state index is 11.6. The average Bonchev–Trinajstić information content (AvgIpc) is 3.06. The minimum atomic E-state index is -0.499. The Balaban J connectivity index is 1.84. The van der Waals surface area contributed by atoms with Gasteiger partial charge in [0, 0.05) is 10.6 Å². The van der Waals surface area contributed by atoms with E-state index in [0.717, 1.165) is 4.88 Å². The summed E-state index contributed by atoms with van der Waals surface area (Å²) in [4.78, 5) is 17.5. The number of hydrogen-bond acceptors (Lipinski definition) is 6. The fourth-order valence-corrected chi connectivity index (χ4v) is 2.79. The summed E-state index contributed by atoms with van der Waals surface area (Å²) in [7, 11) is 0. The van der Waals surface area contributed by atoms with Crippen LogP contribution in [0.1, 0.15) is 17.4 Å². The Morgan fingerprint density at radius 3 is 2.96 bits per heavy atom. The van der Waals surface area contributed by atoms with Crippen molar-refractivity contribution >= 4 is 52.4 Å². The molecule has 0 unspecified atom stereocenters. The largest absolute Gasteiger partial charge is 0.506 e. The third kappa shape index (κ3) is 5.23. The molecule has 24 heavy (non-hydrogen) atoms. The Labute approximate surface area is 152 Å². The molecule has 0 spiro atoms. The number of nitrogens with zero attached hydrogens (tertiary/aromatic N) is 2. The molecule has 1 aromatic heterocycles. The van der Waals surface area contributed by atoms with Crippen LogP contribution in [-0.2, 0) is 9.63 Å². The van der Waals surface area contributed by atoms with E-state index in [0.29, 0.717) is 10.7 Å². The first kappa shape index (κ1) is 18.3. The normalized spacial score (nSPS) is 11.7. The first-order chi connectivity index (χ1) is 11.5. The van der Waals surface area contributed by atoms with Gasteiger partial charge in [-0.05, 0) is 30.5 Å². The van der Waals surface area contributed by atoms with Crippen molar-refractivity contribution in [3.63, 3.8) is 0 Å². The fourth-order valence-electron chi connectivity index (χ4n) is 1.61. The van der Waals surface area contributed by atoms with E-state index in [4.69, 9.17) is 28.0 Å². The van der Waals surface area contributed by atoms with Crippen LogP contribution in [0, 0.1) is 0 Å². The summed E-state index contributed by atoms with van der Waals surface area (Å²) in [5.41, 5.74) is 3.21. The monoisotopic (exact) mass is 385 g/mol. The Bertz CT molecular complexity index is 777. The first-order valence-electron chi connectivity index (χ1n) is 6.67. The van der Waals surface area contributed by atoms with Gasteiger partial charge in [-0.25, -0.2) is 5.43 Å². The molecule has 126 valence electrons. The standard InChI is InChI=1S/C15H13Cl2N3O3S/c1-9(13-3-2-4-24-13)20-23-8-14(21)19-18-7-10-5-11(16)6-12(17)15(10)22/h2-7,22H,8H2,1H3,(H,19,21). The summed E-state index contributed by atoms with van der Waals surface area (Å²) in [5, 5.41) is 19.7. The van der Waals surface area contributed by atoms with Gasteiger partial charge in [0.05, 0.1) is 21.8 Å². The average molecular weight is 386 g/mol. The maximum absolute atomic E-state index is 11.6. The van der Waals surface area contributed by atoms with Crippen LogP contribution < -0.4 is 5.43 Å². The Kier molecular flexibility index (Phi) is 6.60. The van der Waals surface area contributed by atoms with Gasteiger partial charge in [0.1, 0.15) is 5.75 Å². The molecule has 6 nitrogen and oxygen atoms in total. The molecule has 1 heterocycles. The number of oxime groups is 1. The van der Waals surface area contributed by atoms with Crippen LogP contribution in [0.15, 0.2) is 39.9 Å². The molecule has 0 saturated carbocycles. The van der Waals surface area contributed by atoms with Crippen LogP contribution in [-0.4, -0.2) is 29.5 Å². The Morgan fingerprint density at radius 1 is 1.46 bits per heavy atom. The van der Waals surface area contributed by atoms with Crippen LogP contribution in [0.4, 0.5) is 0 Å². The smallest absolute Gasteiger partial charge is 0.280 e. The predicted octanol–water partition coefficient (Wildman–Crippen LogP) is 3.65. The number of benzene rings is 1. The molecular formula is C15H13Cl2N3O3S. The molecule has 2 N–H and O–H groups in total. The number of hydrazone groups is 1. The van der Waals surface area contributed by atoms with E-state index >= 15 is 0 Å². The molecule has 1 amide bonds. The lowest BCUT2D eigenvalue weighted by molar-refractivity contribution is -0.125. The van der Waals surface area contributed by atoms with Gasteiger partial charge in [0.25, 0.3) is 5.91 Å². The second-order valence-electron chi connectivity index (χ2n) is 4.55. The summed E-state index contributed by atoms with van der Waals surface area (Å²) < 4.78 is 0. The molecule has 0 aliphatic carbocycles. The van der Waals surface area contributed by atoms with E-state index in [1.54, 1.807) is 6.92 Å². The topological polar surface area (TPSA) is 83.3 Å². The van der Waals surface area contributed by atoms with Gasteiger partial charge in [-0.3, -0.25) is 4.79 Å². The lowest BCUT2D eigenvalue weighted by atomic mass is 10.2. The van der Waals surface area contributed by atoms with Gasteiger partial charge in [0.2, 0.25) is 0 Å². The zero-order valence-electron chi connectivity index (χ0n) is 12.5. The summed E-state index contributed by atoms with van der Waals surface area (Å²) >= 11 is 13.1. The molecule has 1 aromatic carbocycles. The van der Waals surface area contributed by atoms with Gasteiger partial charge < -0.3 is 9.94 Å². The zero-order valence-corrected chi connectivity index (χ0v) is 14.8. The molecule has 0 bridgehead atoms. The van der Waals surface area contributed by atoms with Crippen molar-refractivity contribution in [2.75, 3.05) is 6.61 Å². The number of amides is 1. The number of phenols is 1. The third-order valence-corrected chi connectivity index (χ3v) is 4.21. The second kappa shape index (κ2) is 8.68. The highest BCUT2D eigenvalue weighted by atomic mass is 35.5. The van der Waals surface area contributed by atoms with Gasteiger partial charge in [0.15, 0.2) is 6.61 Å². The van der Waals surface area contributed by atoms with Crippen molar-refractivity contribution in [3.05, 3.63) is 50.1 Å². The van der Waals surface area contributed by atoms with Crippen LogP contribution >= 0.6 is 34.5 Å². The zero-order chi connectivity index (χ0) is 17.5. The number of rotatable bonds is 6. The molecule has 0 aliphatic heterocycles. The number of hydrogen-bond donors (Lipinski definition) is 2. The SMILES string of the molecule is CC(=NOCC(=O)NN=Cc1cc(Cl)cc(Cl)c1O)c1cccs1. The minimum Gasteiger partial charge on any atom is -0.506 e. The highest BCUT2D eigenvalue weighted by molar-refractivity contribution is 7.12. The van der Waals surface area contributed by atoms with E-state index in [1.165, 1.54) is 29.7 Å². The number of carbonyl (C=O) groups excluding carboxylic acids is 1. The lowest BCUT2D eigenvalue weighted by Crippen LogP contribution is -2.22. The molecule has 0 radical (unpaired) electrons. The number of phenolic OH excluding ortho intramolecular Hbond substituents is 1. The minimum absolute atomic E-state index is 0.0944. The van der Waals surface area contributed by atoms with Crippen molar-refractivity contribution < 1.29 is 14.7 Å². The third-order valence-electron chi connectivity index (χ3n) is 2.73. The van der Waals surface area contributed by atoms with Crippen molar-refractivity contribution in [1.82, 2.24) is 5.43 Å². The van der Waals surface area contributed by atoms with E-state index in [1.807, 2.05) is 17.5 Å². The number of nitrogens with one attached hydrogen (secondary N) is 1. The molecule has 2 aromatic rings. The number of thiophene rings is 1. The molecule has 9 heteroatoms. The number of aromatic hydroxyl groups is 1. The van der Waals surface area contributed by atoms with Gasteiger partial charge >= 0.3 is 0 Å². The summed E-state index contributed by atoms with van der Waals surface area (Å²) in [6, 6.07) is 6.66. The molecule has 0 saturated heterocycles. The van der Waals surface area contributed by atoms with E-state index in [-0.39, 0.29) is 22.9 Å². The van der Waals surface area contributed by atoms with Crippen LogP contribution in [0.2, 0.25) is 10.0 Å². The second-order valence-corrected chi connectivity index (χ2v) is 6.34. The molecule has 0 aliphatic rings. The van der Waals surface area contributed by atoms with Crippen molar-refractivity contribution in [3.8, 4) is 5.75 Å². The molecular weight excluding hydrogens is 373 g/mol. The quantitative estimate of drug-likeness (QED) is 0.587. The van der Waals surface area contributed by atoms with Crippen LogP contribution in [0.3, 0.4) is 0 Å². The van der Waals surface area contributed by atoms with Crippen LogP contribution in [0.5, 0.6) is 5.75 Å². The Morgan fingerprint density at radius 2 is 2.25 bits per heavy atom.